The molecule has 0 atom stereocenters. The fourth-order valence-electron chi connectivity index (χ4n) is 2.76. The number of H-pyrrole nitrogens is 1. The van der Waals surface area contributed by atoms with Crippen LogP contribution in [0.25, 0.3) is 11.0 Å². The summed E-state index contributed by atoms with van der Waals surface area (Å²) >= 11 is 5.49. The molecule has 1 N–H and O–H groups in total. The lowest BCUT2D eigenvalue weighted by atomic mass is 9.89. The number of imidazole rings is 1. The van der Waals surface area contributed by atoms with Crippen LogP contribution in [0.2, 0.25) is 0 Å². The highest BCUT2D eigenvalue weighted by Crippen LogP contribution is 2.38. The molecule has 1 aliphatic rings. The molecule has 3 rings (SSSR count). The molecule has 0 spiro atoms. The Balaban J connectivity index is 1.97. The largest absolute Gasteiger partial charge is 0.491 e. The molecule has 108 valence electrons. The normalized spacial score (nSPS) is 21.9. The lowest BCUT2D eigenvalue weighted by Gasteiger charge is -2.35. The number of aromatic nitrogens is 2. The molecule has 0 bridgehead atoms. The van der Waals surface area contributed by atoms with E-state index in [0.29, 0.717) is 12.1 Å². The van der Waals surface area contributed by atoms with Crippen LogP contribution in [-0.4, -0.2) is 29.4 Å². The maximum atomic E-state index is 5.79. The van der Waals surface area contributed by atoms with Gasteiger partial charge < -0.3 is 19.0 Å². The lowest BCUT2D eigenvalue weighted by molar-refractivity contribution is 0.00698. The molecule has 1 saturated carbocycles. The molecule has 0 radical (unpaired) electrons. The molecule has 0 saturated heterocycles. The van der Waals surface area contributed by atoms with Gasteiger partial charge in [-0.1, -0.05) is 13.0 Å². The van der Waals surface area contributed by atoms with Crippen molar-refractivity contribution in [2.24, 2.45) is 0 Å². The predicted octanol–water partition coefficient (Wildman–Crippen LogP) is 3.84. The summed E-state index contributed by atoms with van der Waals surface area (Å²) in [6.07, 6.45) is 3.41. The van der Waals surface area contributed by atoms with Crippen molar-refractivity contribution in [3.05, 3.63) is 23.0 Å². The van der Waals surface area contributed by atoms with Crippen LogP contribution in [0.3, 0.4) is 0 Å². The molecular formula is C15H20N2O2S. The van der Waals surface area contributed by atoms with E-state index in [1.807, 2.05) is 12.1 Å². The Hall–Kier alpha value is -1.33. The summed E-state index contributed by atoms with van der Waals surface area (Å²) in [6.45, 7) is 2.83. The zero-order valence-corrected chi connectivity index (χ0v) is 12.7. The summed E-state index contributed by atoms with van der Waals surface area (Å²) in [5, 5.41) is 0. The van der Waals surface area contributed by atoms with Crippen molar-refractivity contribution < 1.29 is 9.47 Å². The van der Waals surface area contributed by atoms with E-state index in [1.54, 1.807) is 7.11 Å². The molecule has 1 aliphatic carbocycles. The van der Waals surface area contributed by atoms with Crippen LogP contribution in [0.5, 0.6) is 5.75 Å². The molecule has 20 heavy (non-hydrogen) atoms. The average molecular weight is 292 g/mol. The molecule has 0 aliphatic heterocycles. The molecule has 2 aromatic rings. The van der Waals surface area contributed by atoms with Crippen LogP contribution in [0, 0.1) is 4.77 Å². The minimum absolute atomic E-state index is 0.367. The Bertz CT molecular complexity index is 655. The predicted molar refractivity (Wildman–Crippen MR) is 82.0 cm³/mol. The van der Waals surface area contributed by atoms with Gasteiger partial charge in [0, 0.05) is 13.2 Å². The van der Waals surface area contributed by atoms with Gasteiger partial charge in [-0.2, -0.15) is 0 Å². The molecule has 5 heteroatoms. The zero-order chi connectivity index (χ0) is 14.1. The second-order valence-electron chi connectivity index (χ2n) is 5.28. The van der Waals surface area contributed by atoms with Crippen LogP contribution in [0.15, 0.2) is 18.2 Å². The molecular weight excluding hydrogens is 272 g/mol. The fourth-order valence-corrected chi connectivity index (χ4v) is 3.11. The maximum Gasteiger partial charge on any atom is 0.178 e. The Morgan fingerprint density at radius 2 is 2.20 bits per heavy atom. The first-order chi connectivity index (χ1) is 9.74. The third-order valence-electron chi connectivity index (χ3n) is 3.94. The second kappa shape index (κ2) is 5.58. The van der Waals surface area contributed by atoms with Crippen LogP contribution >= 0.6 is 12.2 Å². The molecule has 0 amide bonds. The van der Waals surface area contributed by atoms with Gasteiger partial charge in [0.15, 0.2) is 4.77 Å². The Labute approximate surface area is 123 Å². The minimum atomic E-state index is 0.367. The minimum Gasteiger partial charge on any atom is -0.491 e. The summed E-state index contributed by atoms with van der Waals surface area (Å²) < 4.78 is 14.1. The Kier molecular flexibility index (Phi) is 3.81. The highest BCUT2D eigenvalue weighted by Gasteiger charge is 2.32. The van der Waals surface area contributed by atoms with Gasteiger partial charge in [0.1, 0.15) is 11.3 Å². The van der Waals surface area contributed by atoms with E-state index >= 15 is 0 Å². The van der Waals surface area contributed by atoms with Crippen molar-refractivity contribution in [3.8, 4) is 5.75 Å². The number of hydrogen-bond acceptors (Lipinski definition) is 3. The number of ether oxygens (including phenoxy) is 2. The summed E-state index contributed by atoms with van der Waals surface area (Å²) in [5.74, 6) is 0.886. The number of rotatable bonds is 5. The fraction of sp³-hybridized carbons (Fsp3) is 0.533. The first-order valence-electron chi connectivity index (χ1n) is 7.13. The average Bonchev–Trinajstić information content (AvgIpc) is 2.73. The first-order valence-corrected chi connectivity index (χ1v) is 7.54. The molecule has 1 aromatic carbocycles. The number of benzene rings is 1. The number of aromatic amines is 1. The number of hydrogen-bond donors (Lipinski definition) is 1. The van der Waals surface area contributed by atoms with Gasteiger partial charge in [-0.05, 0) is 43.6 Å². The number of nitrogens with zero attached hydrogens (tertiary/aromatic N) is 1. The Morgan fingerprint density at radius 3 is 2.90 bits per heavy atom. The van der Waals surface area contributed by atoms with Crippen LogP contribution in [-0.2, 0) is 4.74 Å². The Morgan fingerprint density at radius 1 is 1.40 bits per heavy atom. The highest BCUT2D eigenvalue weighted by atomic mass is 32.1. The van der Waals surface area contributed by atoms with E-state index in [-0.39, 0.29) is 0 Å². The SMILES string of the molecule is CCCOc1cccc2c1[nH]c(=S)n2C1CC(OC)C1. The smallest absolute Gasteiger partial charge is 0.178 e. The van der Waals surface area contributed by atoms with Crippen molar-refractivity contribution in [3.63, 3.8) is 0 Å². The number of methoxy groups -OCH3 is 1. The van der Waals surface area contributed by atoms with Crippen molar-refractivity contribution in [2.45, 2.75) is 38.3 Å². The van der Waals surface area contributed by atoms with Crippen molar-refractivity contribution >= 4 is 23.3 Å². The van der Waals surface area contributed by atoms with Crippen molar-refractivity contribution in [1.82, 2.24) is 9.55 Å². The van der Waals surface area contributed by atoms with Crippen LogP contribution < -0.4 is 4.74 Å². The van der Waals surface area contributed by atoms with E-state index in [0.717, 1.165) is 47.4 Å². The summed E-state index contributed by atoms with van der Waals surface area (Å²) in [6, 6.07) is 6.55. The van der Waals surface area contributed by atoms with Gasteiger partial charge in [0.2, 0.25) is 0 Å². The first kappa shape index (κ1) is 13.6. The van der Waals surface area contributed by atoms with Crippen molar-refractivity contribution in [1.29, 1.82) is 0 Å². The summed E-state index contributed by atoms with van der Waals surface area (Å²) in [4.78, 5) is 3.30. The second-order valence-corrected chi connectivity index (χ2v) is 5.67. The van der Waals surface area contributed by atoms with E-state index in [4.69, 9.17) is 21.7 Å². The quantitative estimate of drug-likeness (QED) is 0.851. The van der Waals surface area contributed by atoms with Crippen molar-refractivity contribution in [2.75, 3.05) is 13.7 Å². The third kappa shape index (κ3) is 2.25. The molecule has 0 unspecified atom stereocenters. The highest BCUT2D eigenvalue weighted by molar-refractivity contribution is 7.71. The van der Waals surface area contributed by atoms with Gasteiger partial charge in [0.25, 0.3) is 0 Å². The molecule has 1 fully saturated rings. The van der Waals surface area contributed by atoms with Crippen LogP contribution in [0.4, 0.5) is 0 Å². The summed E-state index contributed by atoms with van der Waals surface area (Å²) in [7, 11) is 1.77. The number of para-hydroxylation sites is 1. The van der Waals surface area contributed by atoms with E-state index in [2.05, 4.69) is 22.5 Å². The van der Waals surface area contributed by atoms with Crippen LogP contribution in [0.1, 0.15) is 32.2 Å². The lowest BCUT2D eigenvalue weighted by Crippen LogP contribution is -2.32. The van der Waals surface area contributed by atoms with E-state index in [1.165, 1.54) is 0 Å². The molecule has 4 nitrogen and oxygen atoms in total. The van der Waals surface area contributed by atoms with E-state index < -0.39 is 0 Å². The van der Waals surface area contributed by atoms with Gasteiger partial charge in [-0.25, -0.2) is 0 Å². The van der Waals surface area contributed by atoms with Gasteiger partial charge in [-0.3, -0.25) is 0 Å². The third-order valence-corrected chi connectivity index (χ3v) is 4.24. The molecule has 1 heterocycles. The summed E-state index contributed by atoms with van der Waals surface area (Å²) in [5.41, 5.74) is 2.13. The van der Waals surface area contributed by atoms with Gasteiger partial charge in [-0.15, -0.1) is 0 Å². The maximum absolute atomic E-state index is 5.79. The van der Waals surface area contributed by atoms with Gasteiger partial charge >= 0.3 is 0 Å². The standard InChI is InChI=1S/C15H20N2O2S/c1-3-7-19-13-6-4-5-12-14(13)16-15(20)17(12)10-8-11(9-10)18-2/h4-6,10-11H,3,7-9H2,1-2H3,(H,16,20). The molecule has 1 aromatic heterocycles. The van der Waals surface area contributed by atoms with Gasteiger partial charge in [0.05, 0.1) is 18.2 Å². The monoisotopic (exact) mass is 292 g/mol. The zero-order valence-electron chi connectivity index (χ0n) is 11.9. The number of fused-ring (bicyclic) bond motifs is 1. The number of nitrogens with one attached hydrogen (secondary N) is 1. The van der Waals surface area contributed by atoms with E-state index in [9.17, 15) is 0 Å². The topological polar surface area (TPSA) is 39.2 Å².